The van der Waals surface area contributed by atoms with E-state index in [9.17, 15) is 20.1 Å². The molecule has 3 aliphatic heterocycles. The fourth-order valence-electron chi connectivity index (χ4n) is 5.09. The third-order valence-corrected chi connectivity index (χ3v) is 6.95. The molecule has 4 rings (SSSR count). The highest BCUT2D eigenvalue weighted by atomic mass is 16.7. The van der Waals surface area contributed by atoms with Gasteiger partial charge in [0.1, 0.15) is 24.4 Å². The number of ether oxygens (including phenoxy) is 3. The predicted octanol–water partition coefficient (Wildman–Crippen LogP) is -1.63. The molecule has 3 fully saturated rings. The summed E-state index contributed by atoms with van der Waals surface area (Å²) in [5, 5.41) is 41.8. The Morgan fingerprint density at radius 3 is 2.46 bits per heavy atom. The van der Waals surface area contributed by atoms with Crippen LogP contribution in [0.4, 0.5) is 0 Å². The van der Waals surface area contributed by atoms with Crippen LogP contribution in [0, 0.1) is 0 Å². The van der Waals surface area contributed by atoms with Crippen molar-refractivity contribution in [2.75, 3.05) is 59.0 Å². The lowest BCUT2D eigenvalue weighted by Gasteiger charge is -2.49. The summed E-state index contributed by atoms with van der Waals surface area (Å²) in [7, 11) is 0. The lowest BCUT2D eigenvalue weighted by atomic mass is 9.94. The zero-order valence-electron chi connectivity index (χ0n) is 20.1. The van der Waals surface area contributed by atoms with Gasteiger partial charge in [0.15, 0.2) is 12.6 Å². The van der Waals surface area contributed by atoms with E-state index in [0.29, 0.717) is 13.1 Å². The van der Waals surface area contributed by atoms with Crippen LogP contribution < -0.4 is 0 Å². The number of rotatable bonds is 8. The number of β-amino-alcohol motifs (C(OH)–C–C–N with tert-alkyl or cyclic N) is 2. The summed E-state index contributed by atoms with van der Waals surface area (Å²) in [5.41, 5.74) is 0.791. The Labute approximate surface area is 205 Å². The van der Waals surface area contributed by atoms with Gasteiger partial charge in [-0.1, -0.05) is 30.3 Å². The summed E-state index contributed by atoms with van der Waals surface area (Å²) >= 11 is 0. The first kappa shape index (κ1) is 26.4. The van der Waals surface area contributed by atoms with Crippen LogP contribution >= 0.6 is 0 Å². The van der Waals surface area contributed by atoms with Crippen molar-refractivity contribution < 1.29 is 39.4 Å². The molecule has 0 radical (unpaired) electrons. The van der Waals surface area contributed by atoms with Crippen molar-refractivity contribution in [3.8, 4) is 0 Å². The molecule has 3 heterocycles. The Morgan fingerprint density at radius 2 is 1.80 bits per heavy atom. The van der Waals surface area contributed by atoms with E-state index in [1.54, 1.807) is 0 Å². The van der Waals surface area contributed by atoms with E-state index in [0.717, 1.165) is 31.7 Å². The molecule has 3 aliphatic rings. The third kappa shape index (κ3) is 6.37. The molecule has 0 bridgehead atoms. The zero-order valence-corrected chi connectivity index (χ0v) is 20.1. The number of aliphatic hydroxyl groups excluding tert-OH is 4. The van der Waals surface area contributed by atoms with Crippen molar-refractivity contribution in [3.05, 3.63) is 35.9 Å². The minimum Gasteiger partial charge on any atom is -0.395 e. The average molecular weight is 496 g/mol. The summed E-state index contributed by atoms with van der Waals surface area (Å²) in [6, 6.07) is 8.22. The van der Waals surface area contributed by atoms with Gasteiger partial charge in [-0.15, -0.1) is 0 Å². The van der Waals surface area contributed by atoms with Crippen LogP contribution in [0.3, 0.4) is 0 Å². The molecule has 1 aromatic carbocycles. The second kappa shape index (κ2) is 12.0. The zero-order chi connectivity index (χ0) is 24.9. The topological polar surface area (TPSA) is 135 Å². The molecule has 196 valence electrons. The smallest absolute Gasteiger partial charge is 0.220 e. The minimum absolute atomic E-state index is 0.0651. The third-order valence-electron chi connectivity index (χ3n) is 6.95. The fraction of sp³-hybridized carbons (Fsp3) is 0.708. The molecular weight excluding hydrogens is 458 g/mol. The number of benzene rings is 1. The van der Waals surface area contributed by atoms with Crippen molar-refractivity contribution >= 4 is 5.91 Å². The second-order valence-electron chi connectivity index (χ2n) is 9.41. The van der Waals surface area contributed by atoms with Crippen LogP contribution in [0.15, 0.2) is 30.3 Å². The molecule has 3 saturated heterocycles. The number of amides is 1. The van der Waals surface area contributed by atoms with Crippen LogP contribution in [0.1, 0.15) is 18.8 Å². The number of aliphatic hydroxyl groups is 4. The van der Waals surface area contributed by atoms with Gasteiger partial charge in [0.2, 0.25) is 5.91 Å². The maximum absolute atomic E-state index is 12.6. The number of nitrogens with zero attached hydrogens (tertiary/aromatic N) is 3. The normalized spacial score (nSPS) is 33.2. The van der Waals surface area contributed by atoms with Gasteiger partial charge in [-0.25, -0.2) is 0 Å². The van der Waals surface area contributed by atoms with Crippen molar-refractivity contribution in [1.82, 2.24) is 14.7 Å². The van der Waals surface area contributed by atoms with Crippen LogP contribution in [-0.4, -0.2) is 137 Å². The molecule has 0 aliphatic carbocycles. The van der Waals surface area contributed by atoms with Crippen LogP contribution in [-0.2, 0) is 19.0 Å². The summed E-state index contributed by atoms with van der Waals surface area (Å²) in [4.78, 5) is 18.1. The highest BCUT2D eigenvalue weighted by molar-refractivity contribution is 5.73. The molecule has 1 amide bonds. The number of carbonyl (C=O) groups excluding carboxylic acids is 1. The lowest BCUT2D eigenvalue weighted by Crippen LogP contribution is -2.67. The Bertz CT molecular complexity index is 809. The Morgan fingerprint density at radius 1 is 1.11 bits per heavy atom. The maximum Gasteiger partial charge on any atom is 0.220 e. The molecule has 0 saturated carbocycles. The van der Waals surface area contributed by atoms with E-state index in [1.807, 2.05) is 30.3 Å². The SMILES string of the molecule is CC(=O)N(C[C@H](O)CN1CCN(CCO)CC1)[C@@H]1[C@@H](O)[C@@H]2OC(c3ccccc3)OC[C@H]2O[C@H]1O. The Balaban J connectivity index is 1.39. The first-order chi connectivity index (χ1) is 16.9. The highest BCUT2D eigenvalue weighted by Gasteiger charge is 2.51. The Kier molecular flexibility index (Phi) is 9.08. The molecule has 1 unspecified atom stereocenters. The summed E-state index contributed by atoms with van der Waals surface area (Å²) in [6.45, 7) is 5.57. The predicted molar refractivity (Wildman–Crippen MR) is 124 cm³/mol. The van der Waals surface area contributed by atoms with Crippen molar-refractivity contribution in [2.24, 2.45) is 0 Å². The van der Waals surface area contributed by atoms with Gasteiger partial charge < -0.3 is 39.5 Å². The van der Waals surface area contributed by atoms with Crippen LogP contribution in [0.5, 0.6) is 0 Å². The second-order valence-corrected chi connectivity index (χ2v) is 9.41. The summed E-state index contributed by atoms with van der Waals surface area (Å²) < 4.78 is 17.4. The minimum atomic E-state index is -1.45. The van der Waals surface area contributed by atoms with E-state index >= 15 is 0 Å². The molecule has 35 heavy (non-hydrogen) atoms. The molecule has 1 aromatic rings. The molecule has 11 heteroatoms. The van der Waals surface area contributed by atoms with Crippen LogP contribution in [0.2, 0.25) is 0 Å². The van der Waals surface area contributed by atoms with Gasteiger partial charge in [-0.05, 0) is 0 Å². The summed E-state index contributed by atoms with van der Waals surface area (Å²) in [5.74, 6) is -0.395. The van der Waals surface area contributed by atoms with E-state index in [4.69, 9.17) is 19.3 Å². The highest BCUT2D eigenvalue weighted by Crippen LogP contribution is 2.35. The van der Waals surface area contributed by atoms with Gasteiger partial charge in [-0.3, -0.25) is 14.6 Å². The van der Waals surface area contributed by atoms with Gasteiger partial charge in [0.05, 0.1) is 19.3 Å². The molecule has 0 spiro atoms. The quantitative estimate of drug-likeness (QED) is 0.333. The Hall–Kier alpha value is -1.67. The fourth-order valence-corrected chi connectivity index (χ4v) is 5.09. The van der Waals surface area contributed by atoms with Gasteiger partial charge in [0.25, 0.3) is 0 Å². The van der Waals surface area contributed by atoms with Gasteiger partial charge in [-0.2, -0.15) is 0 Å². The maximum atomic E-state index is 12.6. The molecule has 11 nitrogen and oxygen atoms in total. The lowest BCUT2D eigenvalue weighted by molar-refractivity contribution is -0.345. The first-order valence-corrected chi connectivity index (χ1v) is 12.2. The number of hydrogen-bond donors (Lipinski definition) is 4. The van der Waals surface area contributed by atoms with Gasteiger partial charge in [0, 0.05) is 58.3 Å². The van der Waals surface area contributed by atoms with Gasteiger partial charge >= 0.3 is 0 Å². The number of piperazine rings is 1. The van der Waals surface area contributed by atoms with Crippen molar-refractivity contribution in [2.45, 2.75) is 50.0 Å². The number of hydrogen-bond acceptors (Lipinski definition) is 10. The molecular formula is C24H37N3O8. The number of carbonyl (C=O) groups is 1. The monoisotopic (exact) mass is 495 g/mol. The standard InChI is InChI=1S/C24H37N3O8/c1-16(29)27(14-18(30)13-26-9-7-25(8-10-26)11-12-28)20-21(31)22-19(34-23(20)32)15-33-24(35-22)17-5-3-2-4-6-17/h2-6,18-24,28,30-32H,7-15H2,1H3/t18-,19-,20-,21-,22-,23-,24?/m1/s1. The first-order valence-electron chi connectivity index (χ1n) is 12.2. The average Bonchev–Trinajstić information content (AvgIpc) is 2.85. The number of fused-ring (bicyclic) bond motifs is 1. The van der Waals surface area contributed by atoms with E-state index in [1.165, 1.54) is 11.8 Å². The molecule has 0 aromatic heterocycles. The van der Waals surface area contributed by atoms with E-state index in [2.05, 4.69) is 9.80 Å². The van der Waals surface area contributed by atoms with E-state index in [-0.39, 0.29) is 19.8 Å². The summed E-state index contributed by atoms with van der Waals surface area (Å²) in [6.07, 6.45) is -5.78. The van der Waals surface area contributed by atoms with E-state index < -0.39 is 48.9 Å². The largest absolute Gasteiger partial charge is 0.395 e. The molecule has 4 N–H and O–H groups in total. The van der Waals surface area contributed by atoms with Crippen molar-refractivity contribution in [3.63, 3.8) is 0 Å². The van der Waals surface area contributed by atoms with Crippen LogP contribution in [0.25, 0.3) is 0 Å². The van der Waals surface area contributed by atoms with Crippen molar-refractivity contribution in [1.29, 1.82) is 0 Å². The molecule has 7 atom stereocenters.